The number of nitrogens with one attached hydrogen (secondary N) is 1. The van der Waals surface area contributed by atoms with Crippen LogP contribution in [0.2, 0.25) is 0 Å². The predicted molar refractivity (Wildman–Crippen MR) is 95.6 cm³/mol. The van der Waals surface area contributed by atoms with Crippen molar-refractivity contribution in [2.75, 3.05) is 24.7 Å². The summed E-state index contributed by atoms with van der Waals surface area (Å²) >= 11 is 0. The van der Waals surface area contributed by atoms with Crippen LogP contribution in [0.3, 0.4) is 0 Å². The van der Waals surface area contributed by atoms with Gasteiger partial charge >= 0.3 is 0 Å². The molecule has 0 aliphatic carbocycles. The quantitative estimate of drug-likeness (QED) is 0.767. The van der Waals surface area contributed by atoms with Gasteiger partial charge < -0.3 is 4.74 Å². The minimum Gasteiger partial charge on any atom is -0.379 e. The number of anilines is 1. The van der Waals surface area contributed by atoms with Crippen LogP contribution in [0, 0.1) is 0 Å². The zero-order valence-electron chi connectivity index (χ0n) is 15.0. The number of aryl methyl sites for hydroxylation is 1. The van der Waals surface area contributed by atoms with E-state index in [9.17, 15) is 13.2 Å². The molecular weight excluding hydrogens is 372 g/mol. The molecular formula is C16H22N6O4S. The molecule has 0 unspecified atom stereocenters. The van der Waals surface area contributed by atoms with E-state index < -0.39 is 16.1 Å². The van der Waals surface area contributed by atoms with Crippen LogP contribution < -0.4 is 9.62 Å². The van der Waals surface area contributed by atoms with Gasteiger partial charge in [-0.2, -0.15) is 14.9 Å². The summed E-state index contributed by atoms with van der Waals surface area (Å²) in [6.07, 6.45) is 6.37. The third kappa shape index (κ3) is 3.49. The Morgan fingerprint density at radius 3 is 2.85 bits per heavy atom. The first-order valence-electron chi connectivity index (χ1n) is 8.89. The SMILES string of the molecule is Cn1nccc1N1CCC[C@@H](NS(=O)(=O)c2cnn([C@@H]3CCOC3)c2)C1=O. The Hall–Kier alpha value is -2.24. The van der Waals surface area contributed by atoms with E-state index in [4.69, 9.17) is 4.74 Å². The number of amides is 1. The first-order chi connectivity index (χ1) is 13.0. The van der Waals surface area contributed by atoms with Gasteiger partial charge in [0.2, 0.25) is 15.9 Å². The maximum atomic E-state index is 12.8. The number of piperidine rings is 1. The average molecular weight is 394 g/mol. The Bertz CT molecular complexity index is 930. The monoisotopic (exact) mass is 394 g/mol. The Morgan fingerprint density at radius 2 is 2.15 bits per heavy atom. The summed E-state index contributed by atoms with van der Waals surface area (Å²) in [5.41, 5.74) is 0. The van der Waals surface area contributed by atoms with Crippen molar-refractivity contribution in [1.29, 1.82) is 0 Å². The molecule has 2 fully saturated rings. The van der Waals surface area contributed by atoms with E-state index in [2.05, 4.69) is 14.9 Å². The fraction of sp³-hybridized carbons (Fsp3) is 0.562. The highest BCUT2D eigenvalue weighted by Crippen LogP contribution is 2.23. The molecule has 0 radical (unpaired) electrons. The van der Waals surface area contributed by atoms with Gasteiger partial charge in [0.15, 0.2) is 0 Å². The number of nitrogens with zero attached hydrogens (tertiary/aromatic N) is 5. The number of carbonyl (C=O) groups excluding carboxylic acids is 1. The van der Waals surface area contributed by atoms with Crippen molar-refractivity contribution < 1.29 is 17.9 Å². The van der Waals surface area contributed by atoms with Crippen molar-refractivity contribution in [3.8, 4) is 0 Å². The molecule has 2 atom stereocenters. The fourth-order valence-electron chi connectivity index (χ4n) is 3.49. The lowest BCUT2D eigenvalue weighted by Crippen LogP contribution is -2.52. The van der Waals surface area contributed by atoms with Gasteiger partial charge in [-0.1, -0.05) is 0 Å². The molecule has 2 aromatic heterocycles. The molecule has 4 rings (SSSR count). The largest absolute Gasteiger partial charge is 0.379 e. The van der Waals surface area contributed by atoms with E-state index in [0.29, 0.717) is 38.4 Å². The molecule has 0 spiro atoms. The molecule has 0 aromatic carbocycles. The number of hydrogen-bond donors (Lipinski definition) is 1. The maximum Gasteiger partial charge on any atom is 0.246 e. The van der Waals surface area contributed by atoms with Crippen LogP contribution in [0.1, 0.15) is 25.3 Å². The lowest BCUT2D eigenvalue weighted by Gasteiger charge is -2.32. The van der Waals surface area contributed by atoms with Gasteiger partial charge in [-0.15, -0.1) is 0 Å². The van der Waals surface area contributed by atoms with Crippen molar-refractivity contribution in [3.05, 3.63) is 24.7 Å². The first-order valence-corrected chi connectivity index (χ1v) is 10.4. The van der Waals surface area contributed by atoms with Crippen LogP contribution in [-0.2, 0) is 26.6 Å². The van der Waals surface area contributed by atoms with Crippen molar-refractivity contribution in [2.45, 2.75) is 36.2 Å². The van der Waals surface area contributed by atoms with Gasteiger partial charge in [-0.25, -0.2) is 8.42 Å². The summed E-state index contributed by atoms with van der Waals surface area (Å²) in [7, 11) is -2.10. The molecule has 2 saturated heterocycles. The first kappa shape index (κ1) is 18.1. The highest BCUT2D eigenvalue weighted by atomic mass is 32.2. The highest BCUT2D eigenvalue weighted by Gasteiger charge is 2.34. The fourth-order valence-corrected chi connectivity index (χ4v) is 4.65. The minimum atomic E-state index is -3.85. The van der Waals surface area contributed by atoms with Gasteiger partial charge in [0.05, 0.1) is 25.0 Å². The Labute approximate surface area is 157 Å². The van der Waals surface area contributed by atoms with Crippen LogP contribution in [0.15, 0.2) is 29.6 Å². The molecule has 0 saturated carbocycles. The van der Waals surface area contributed by atoms with Gasteiger partial charge in [0, 0.05) is 32.5 Å². The number of rotatable bonds is 5. The maximum absolute atomic E-state index is 12.8. The predicted octanol–water partition coefficient (Wildman–Crippen LogP) is 0.0519. The number of sulfonamides is 1. The van der Waals surface area contributed by atoms with Crippen LogP contribution in [-0.4, -0.2) is 59.7 Å². The lowest BCUT2D eigenvalue weighted by atomic mass is 10.1. The second kappa shape index (κ2) is 7.06. The van der Waals surface area contributed by atoms with Crippen LogP contribution in [0.25, 0.3) is 0 Å². The molecule has 1 N–H and O–H groups in total. The zero-order valence-corrected chi connectivity index (χ0v) is 15.8. The normalized spacial score (nSPS) is 23.9. The summed E-state index contributed by atoms with van der Waals surface area (Å²) in [6, 6.07) is 0.977. The number of carbonyl (C=O) groups is 1. The Kier molecular flexibility index (Phi) is 4.74. The second-order valence-electron chi connectivity index (χ2n) is 6.79. The van der Waals surface area contributed by atoms with Gasteiger partial charge in [0.1, 0.15) is 16.8 Å². The van der Waals surface area contributed by atoms with E-state index in [-0.39, 0.29) is 16.8 Å². The molecule has 10 nitrogen and oxygen atoms in total. The molecule has 27 heavy (non-hydrogen) atoms. The van der Waals surface area contributed by atoms with Crippen LogP contribution in [0.4, 0.5) is 5.82 Å². The van der Waals surface area contributed by atoms with Gasteiger partial charge in [0.25, 0.3) is 0 Å². The Balaban J connectivity index is 1.50. The van der Waals surface area contributed by atoms with E-state index in [1.807, 2.05) is 0 Å². The summed E-state index contributed by atoms with van der Waals surface area (Å²) in [4.78, 5) is 14.4. The van der Waals surface area contributed by atoms with E-state index in [1.54, 1.807) is 33.6 Å². The molecule has 2 aliphatic rings. The minimum absolute atomic E-state index is 0.0468. The van der Waals surface area contributed by atoms with Crippen molar-refractivity contribution in [1.82, 2.24) is 24.3 Å². The number of aromatic nitrogens is 4. The van der Waals surface area contributed by atoms with Crippen molar-refractivity contribution in [2.24, 2.45) is 7.05 Å². The molecule has 146 valence electrons. The van der Waals surface area contributed by atoms with Crippen LogP contribution >= 0.6 is 0 Å². The van der Waals surface area contributed by atoms with E-state index >= 15 is 0 Å². The van der Waals surface area contributed by atoms with Gasteiger partial charge in [-0.3, -0.25) is 19.1 Å². The van der Waals surface area contributed by atoms with Gasteiger partial charge in [-0.05, 0) is 19.3 Å². The zero-order chi connectivity index (χ0) is 19.0. The molecule has 1 amide bonds. The third-order valence-corrected chi connectivity index (χ3v) is 6.40. The number of hydrogen-bond acceptors (Lipinski definition) is 6. The summed E-state index contributed by atoms with van der Waals surface area (Å²) < 4.78 is 36.6. The van der Waals surface area contributed by atoms with Crippen molar-refractivity contribution >= 4 is 21.7 Å². The summed E-state index contributed by atoms with van der Waals surface area (Å²) in [5, 5.41) is 8.23. The molecule has 0 bridgehead atoms. The lowest BCUT2D eigenvalue weighted by molar-refractivity contribution is -0.121. The van der Waals surface area contributed by atoms with E-state index in [0.717, 1.165) is 6.42 Å². The number of ether oxygens (including phenoxy) is 1. The molecule has 2 aliphatic heterocycles. The van der Waals surface area contributed by atoms with E-state index in [1.165, 1.54) is 12.4 Å². The Morgan fingerprint density at radius 1 is 1.30 bits per heavy atom. The van der Waals surface area contributed by atoms with Crippen LogP contribution in [0.5, 0.6) is 0 Å². The molecule has 11 heteroatoms. The standard InChI is InChI=1S/C16H22N6O4S/c1-20-15(4-6-17-20)21-7-2-3-14(16(21)23)19-27(24,25)13-9-18-22(10-13)12-5-8-26-11-12/h4,6,9-10,12,14,19H,2-3,5,7-8,11H2,1H3/t12-,14-/m1/s1. The average Bonchev–Trinajstić information content (AvgIpc) is 3.37. The molecule has 4 heterocycles. The smallest absolute Gasteiger partial charge is 0.246 e. The van der Waals surface area contributed by atoms with Crippen molar-refractivity contribution in [3.63, 3.8) is 0 Å². The topological polar surface area (TPSA) is 111 Å². The third-order valence-electron chi connectivity index (χ3n) is 4.98. The second-order valence-corrected chi connectivity index (χ2v) is 8.51. The summed E-state index contributed by atoms with van der Waals surface area (Å²) in [5.74, 6) is 0.378. The highest BCUT2D eigenvalue weighted by molar-refractivity contribution is 7.89. The molecule has 2 aromatic rings. The summed E-state index contributed by atoms with van der Waals surface area (Å²) in [6.45, 7) is 1.71.